The fourth-order valence-electron chi connectivity index (χ4n) is 1.68. The van der Waals surface area contributed by atoms with Gasteiger partial charge >= 0.3 is 5.97 Å². The standard InChI is InChI=1S/C12H14N2O3S/c1-18-12(4-5-12)7-14-10(15)9-8(11(16)17)3-2-6-13-9/h2-3,6H,4-5,7H2,1H3,(H,14,15)(H,16,17). The summed E-state index contributed by atoms with van der Waals surface area (Å²) >= 11 is 1.73. The van der Waals surface area contributed by atoms with Gasteiger partial charge in [0.2, 0.25) is 0 Å². The molecule has 18 heavy (non-hydrogen) atoms. The Labute approximate surface area is 109 Å². The van der Waals surface area contributed by atoms with Gasteiger partial charge < -0.3 is 10.4 Å². The molecule has 6 heteroatoms. The van der Waals surface area contributed by atoms with Crippen molar-refractivity contribution in [2.75, 3.05) is 12.8 Å². The number of rotatable bonds is 5. The van der Waals surface area contributed by atoms with Gasteiger partial charge in [0.25, 0.3) is 5.91 Å². The molecule has 0 saturated heterocycles. The van der Waals surface area contributed by atoms with E-state index in [-0.39, 0.29) is 16.0 Å². The van der Waals surface area contributed by atoms with Crippen LogP contribution >= 0.6 is 11.8 Å². The summed E-state index contributed by atoms with van der Waals surface area (Å²) < 4.78 is 0.147. The molecule has 1 aromatic rings. The number of hydrogen-bond acceptors (Lipinski definition) is 4. The van der Waals surface area contributed by atoms with Crippen molar-refractivity contribution in [3.8, 4) is 0 Å². The van der Waals surface area contributed by atoms with E-state index >= 15 is 0 Å². The van der Waals surface area contributed by atoms with Crippen molar-refractivity contribution in [1.29, 1.82) is 0 Å². The second-order valence-corrected chi connectivity index (χ2v) is 5.55. The number of amides is 1. The number of carboxylic acids is 1. The third kappa shape index (κ3) is 2.64. The highest BCUT2D eigenvalue weighted by Gasteiger charge is 2.42. The molecular formula is C12H14N2O3S. The number of thioether (sulfide) groups is 1. The summed E-state index contributed by atoms with van der Waals surface area (Å²) in [6.07, 6.45) is 5.61. The number of nitrogens with one attached hydrogen (secondary N) is 1. The molecule has 1 aliphatic rings. The predicted molar refractivity (Wildman–Crippen MR) is 69.0 cm³/mol. The highest BCUT2D eigenvalue weighted by Crippen LogP contribution is 2.46. The topological polar surface area (TPSA) is 79.3 Å². The van der Waals surface area contributed by atoms with Gasteiger partial charge in [-0.15, -0.1) is 0 Å². The Kier molecular flexibility index (Phi) is 3.56. The number of carboxylic acid groups (broad SMARTS) is 1. The number of hydrogen-bond donors (Lipinski definition) is 2. The van der Waals surface area contributed by atoms with Crippen molar-refractivity contribution in [2.24, 2.45) is 0 Å². The van der Waals surface area contributed by atoms with E-state index in [1.165, 1.54) is 18.3 Å². The smallest absolute Gasteiger partial charge is 0.338 e. The molecule has 1 aromatic heterocycles. The first kappa shape index (κ1) is 12.9. The number of nitrogens with zero attached hydrogens (tertiary/aromatic N) is 1. The van der Waals surface area contributed by atoms with Crippen molar-refractivity contribution in [2.45, 2.75) is 17.6 Å². The molecule has 1 amide bonds. The van der Waals surface area contributed by atoms with Crippen LogP contribution in [0.1, 0.15) is 33.7 Å². The lowest BCUT2D eigenvalue weighted by molar-refractivity contribution is 0.0690. The summed E-state index contributed by atoms with van der Waals surface area (Å²) in [5, 5.41) is 11.7. The Morgan fingerprint density at radius 2 is 2.28 bits per heavy atom. The van der Waals surface area contributed by atoms with Crippen molar-refractivity contribution >= 4 is 23.6 Å². The minimum Gasteiger partial charge on any atom is -0.478 e. The van der Waals surface area contributed by atoms with E-state index in [1.807, 2.05) is 6.26 Å². The minimum atomic E-state index is -1.14. The normalized spacial score (nSPS) is 16.1. The Balaban J connectivity index is 2.07. The molecule has 1 heterocycles. The van der Waals surface area contributed by atoms with Crippen molar-refractivity contribution in [3.63, 3.8) is 0 Å². The summed E-state index contributed by atoms with van der Waals surface area (Å²) in [5.41, 5.74) is -0.0918. The van der Waals surface area contributed by atoms with Crippen LogP contribution in [0, 0.1) is 0 Å². The molecule has 1 fully saturated rings. The molecule has 0 atom stereocenters. The summed E-state index contributed by atoms with van der Waals surface area (Å²) in [4.78, 5) is 26.7. The van der Waals surface area contributed by atoms with Crippen LogP contribution in [0.3, 0.4) is 0 Å². The SMILES string of the molecule is CSC1(CNC(=O)c2ncccc2C(=O)O)CC1. The molecule has 0 radical (unpaired) electrons. The average molecular weight is 266 g/mol. The molecule has 0 bridgehead atoms. The molecule has 1 aliphatic carbocycles. The van der Waals surface area contributed by atoms with Gasteiger partial charge in [-0.2, -0.15) is 11.8 Å². The number of pyridine rings is 1. The van der Waals surface area contributed by atoms with Crippen LogP contribution in [0.4, 0.5) is 0 Å². The van der Waals surface area contributed by atoms with Crippen LogP contribution in [0.15, 0.2) is 18.3 Å². The van der Waals surface area contributed by atoms with Crippen LogP contribution < -0.4 is 5.32 Å². The van der Waals surface area contributed by atoms with Crippen LogP contribution in [0.2, 0.25) is 0 Å². The van der Waals surface area contributed by atoms with Gasteiger partial charge in [-0.3, -0.25) is 9.78 Å². The average Bonchev–Trinajstić information content (AvgIpc) is 3.16. The predicted octanol–water partition coefficient (Wildman–Crippen LogP) is 1.41. The number of carbonyl (C=O) groups is 2. The van der Waals surface area contributed by atoms with Gasteiger partial charge in [-0.25, -0.2) is 4.79 Å². The summed E-state index contributed by atoms with van der Waals surface area (Å²) in [6, 6.07) is 2.89. The van der Waals surface area contributed by atoms with E-state index in [1.54, 1.807) is 11.8 Å². The van der Waals surface area contributed by atoms with Gasteiger partial charge in [0.1, 0.15) is 5.69 Å². The molecule has 0 aromatic carbocycles. The van der Waals surface area contributed by atoms with Crippen LogP contribution in [0.25, 0.3) is 0 Å². The third-order valence-corrected chi connectivity index (χ3v) is 4.48. The molecule has 0 spiro atoms. The minimum absolute atomic E-state index is 0.0260. The lowest BCUT2D eigenvalue weighted by Gasteiger charge is -2.13. The summed E-state index contributed by atoms with van der Waals surface area (Å²) in [6.45, 7) is 0.558. The zero-order valence-corrected chi connectivity index (χ0v) is 10.8. The van der Waals surface area contributed by atoms with Crippen molar-refractivity contribution in [3.05, 3.63) is 29.6 Å². The van der Waals surface area contributed by atoms with E-state index in [9.17, 15) is 9.59 Å². The van der Waals surface area contributed by atoms with Crippen molar-refractivity contribution < 1.29 is 14.7 Å². The second kappa shape index (κ2) is 4.97. The summed E-state index contributed by atoms with van der Waals surface area (Å²) in [7, 11) is 0. The maximum atomic E-state index is 11.9. The second-order valence-electron chi connectivity index (χ2n) is 4.27. The molecule has 2 N–H and O–H groups in total. The first-order valence-corrected chi connectivity index (χ1v) is 6.82. The largest absolute Gasteiger partial charge is 0.478 e. The zero-order chi connectivity index (χ0) is 13.2. The third-order valence-electron chi connectivity index (χ3n) is 3.07. The Morgan fingerprint density at radius 1 is 1.56 bits per heavy atom. The summed E-state index contributed by atoms with van der Waals surface area (Å²) in [5.74, 6) is -1.56. The quantitative estimate of drug-likeness (QED) is 0.842. The lowest BCUT2D eigenvalue weighted by atomic mass is 10.2. The van der Waals surface area contributed by atoms with E-state index < -0.39 is 11.9 Å². The van der Waals surface area contributed by atoms with Crippen LogP contribution in [-0.2, 0) is 0 Å². The molecule has 0 unspecified atom stereocenters. The van der Waals surface area contributed by atoms with Crippen LogP contribution in [0.5, 0.6) is 0 Å². The first-order valence-electron chi connectivity index (χ1n) is 5.60. The zero-order valence-electron chi connectivity index (χ0n) is 9.97. The Bertz CT molecular complexity index is 486. The van der Waals surface area contributed by atoms with Gasteiger partial charge in [0, 0.05) is 17.5 Å². The fraction of sp³-hybridized carbons (Fsp3) is 0.417. The number of aromatic nitrogens is 1. The van der Waals surface area contributed by atoms with Crippen LogP contribution in [-0.4, -0.2) is 39.5 Å². The number of aromatic carboxylic acids is 1. The molecular weight excluding hydrogens is 252 g/mol. The first-order chi connectivity index (χ1) is 8.58. The van der Waals surface area contributed by atoms with E-state index in [0.29, 0.717) is 6.54 Å². The van der Waals surface area contributed by atoms with Crippen molar-refractivity contribution in [1.82, 2.24) is 10.3 Å². The molecule has 0 aliphatic heterocycles. The molecule has 5 nitrogen and oxygen atoms in total. The molecule has 1 saturated carbocycles. The molecule has 96 valence electrons. The van der Waals surface area contributed by atoms with Gasteiger partial charge in [0.15, 0.2) is 0 Å². The van der Waals surface area contributed by atoms with E-state index in [4.69, 9.17) is 5.11 Å². The highest BCUT2D eigenvalue weighted by molar-refractivity contribution is 8.00. The van der Waals surface area contributed by atoms with E-state index in [0.717, 1.165) is 12.8 Å². The maximum Gasteiger partial charge on any atom is 0.338 e. The molecule has 2 rings (SSSR count). The maximum absolute atomic E-state index is 11.9. The van der Waals surface area contributed by atoms with Gasteiger partial charge in [0.05, 0.1) is 5.56 Å². The highest BCUT2D eigenvalue weighted by atomic mass is 32.2. The Hall–Kier alpha value is -1.56. The Morgan fingerprint density at radius 3 is 2.83 bits per heavy atom. The van der Waals surface area contributed by atoms with Gasteiger partial charge in [-0.05, 0) is 31.2 Å². The fourth-order valence-corrected chi connectivity index (χ4v) is 2.40. The monoisotopic (exact) mass is 266 g/mol. The van der Waals surface area contributed by atoms with E-state index in [2.05, 4.69) is 10.3 Å². The lowest BCUT2D eigenvalue weighted by Crippen LogP contribution is -2.33. The van der Waals surface area contributed by atoms with Gasteiger partial charge in [-0.1, -0.05) is 0 Å². The number of carbonyl (C=O) groups excluding carboxylic acids is 1.